The molecule has 1 aliphatic heterocycles. The molecule has 1 aromatic carbocycles. The zero-order valence-electron chi connectivity index (χ0n) is 12.9. The van der Waals surface area contributed by atoms with Crippen molar-refractivity contribution in [2.24, 2.45) is 0 Å². The number of fused-ring (bicyclic) bond motifs is 1. The smallest absolute Gasteiger partial charge is 0.338 e. The predicted octanol–water partition coefficient (Wildman–Crippen LogP) is 0.977. The van der Waals surface area contributed by atoms with Crippen LogP contribution in [0.25, 0.3) is 0 Å². The standard InChI is InChI=1S/C15H15N5O4/c1-2-24-14(23)9-3-5-10(6-4-9)18-12(21)7-11-13(22)19-15-16-8-17-20(11)15/h3-6,8,11H,2,7H2,1H3,(H,18,21)(H,16,17,19,22)/t11-/m1/s1. The van der Waals surface area contributed by atoms with Gasteiger partial charge >= 0.3 is 5.97 Å². The van der Waals surface area contributed by atoms with Crippen LogP contribution in [0.1, 0.15) is 29.7 Å². The molecule has 0 unspecified atom stereocenters. The Bertz CT molecular complexity index is 783. The van der Waals surface area contributed by atoms with E-state index in [1.807, 2.05) is 0 Å². The van der Waals surface area contributed by atoms with E-state index in [9.17, 15) is 14.4 Å². The monoisotopic (exact) mass is 329 g/mol. The molecule has 0 fully saturated rings. The van der Waals surface area contributed by atoms with Crippen LogP contribution in [-0.2, 0) is 14.3 Å². The summed E-state index contributed by atoms with van der Waals surface area (Å²) in [5, 5.41) is 9.15. The fourth-order valence-corrected chi connectivity index (χ4v) is 2.34. The molecule has 9 nitrogen and oxygen atoms in total. The summed E-state index contributed by atoms with van der Waals surface area (Å²) >= 11 is 0. The lowest BCUT2D eigenvalue weighted by Gasteiger charge is -2.10. The van der Waals surface area contributed by atoms with Crippen LogP contribution in [0.4, 0.5) is 11.6 Å². The Morgan fingerprint density at radius 3 is 2.79 bits per heavy atom. The second kappa shape index (κ2) is 6.49. The summed E-state index contributed by atoms with van der Waals surface area (Å²) in [6.07, 6.45) is 1.25. The van der Waals surface area contributed by atoms with Crippen molar-refractivity contribution < 1.29 is 19.1 Å². The van der Waals surface area contributed by atoms with Crippen LogP contribution in [-0.4, -0.2) is 39.2 Å². The molecule has 2 N–H and O–H groups in total. The molecule has 2 amide bonds. The molecule has 0 aliphatic carbocycles. The normalized spacial score (nSPS) is 15.5. The van der Waals surface area contributed by atoms with E-state index in [2.05, 4.69) is 20.7 Å². The summed E-state index contributed by atoms with van der Waals surface area (Å²) in [6, 6.07) is 5.59. The molecule has 1 aliphatic rings. The number of nitrogens with zero attached hydrogens (tertiary/aromatic N) is 3. The highest BCUT2D eigenvalue weighted by molar-refractivity contribution is 6.01. The molecule has 0 radical (unpaired) electrons. The third-order valence-corrected chi connectivity index (χ3v) is 3.46. The molecule has 124 valence electrons. The SMILES string of the molecule is CCOC(=O)c1ccc(NC(=O)C[C@@H]2C(=O)Nc3ncnn32)cc1. The fourth-order valence-electron chi connectivity index (χ4n) is 2.34. The van der Waals surface area contributed by atoms with Gasteiger partial charge in [0, 0.05) is 5.69 Å². The van der Waals surface area contributed by atoms with Crippen LogP contribution in [0.2, 0.25) is 0 Å². The largest absolute Gasteiger partial charge is 0.462 e. The van der Waals surface area contributed by atoms with Crippen LogP contribution in [0.3, 0.4) is 0 Å². The maximum atomic E-state index is 12.1. The van der Waals surface area contributed by atoms with E-state index in [1.165, 1.54) is 11.0 Å². The van der Waals surface area contributed by atoms with E-state index < -0.39 is 12.0 Å². The summed E-state index contributed by atoms with van der Waals surface area (Å²) in [7, 11) is 0. The highest BCUT2D eigenvalue weighted by atomic mass is 16.5. The lowest BCUT2D eigenvalue weighted by molar-refractivity contribution is -0.123. The zero-order chi connectivity index (χ0) is 17.1. The predicted molar refractivity (Wildman–Crippen MR) is 83.3 cm³/mol. The lowest BCUT2D eigenvalue weighted by Crippen LogP contribution is -2.23. The van der Waals surface area contributed by atoms with Crippen molar-refractivity contribution in [3.63, 3.8) is 0 Å². The average molecular weight is 329 g/mol. The molecule has 1 atom stereocenters. The van der Waals surface area contributed by atoms with E-state index in [0.717, 1.165) is 0 Å². The van der Waals surface area contributed by atoms with Gasteiger partial charge in [0.25, 0.3) is 5.91 Å². The van der Waals surface area contributed by atoms with Gasteiger partial charge in [0.2, 0.25) is 11.9 Å². The van der Waals surface area contributed by atoms with Gasteiger partial charge in [-0.2, -0.15) is 10.1 Å². The van der Waals surface area contributed by atoms with Gasteiger partial charge in [-0.25, -0.2) is 9.48 Å². The Morgan fingerprint density at radius 2 is 2.08 bits per heavy atom. The number of anilines is 2. The number of esters is 1. The Kier molecular flexibility index (Phi) is 4.23. The minimum atomic E-state index is -0.721. The number of aromatic nitrogens is 3. The maximum absolute atomic E-state index is 12.1. The number of carbonyl (C=O) groups is 3. The second-order valence-corrected chi connectivity index (χ2v) is 5.08. The molecule has 3 rings (SSSR count). The first-order valence-electron chi connectivity index (χ1n) is 7.36. The highest BCUT2D eigenvalue weighted by Gasteiger charge is 2.33. The molecular formula is C15H15N5O4. The second-order valence-electron chi connectivity index (χ2n) is 5.08. The molecule has 24 heavy (non-hydrogen) atoms. The van der Waals surface area contributed by atoms with E-state index >= 15 is 0 Å². The Labute approximate surface area is 137 Å². The number of rotatable bonds is 5. The van der Waals surface area contributed by atoms with Crippen molar-refractivity contribution in [3.05, 3.63) is 36.2 Å². The summed E-state index contributed by atoms with van der Waals surface area (Å²) in [6.45, 7) is 2.03. The number of benzene rings is 1. The molecule has 0 bridgehead atoms. The van der Waals surface area contributed by atoms with Crippen molar-refractivity contribution in [2.45, 2.75) is 19.4 Å². The number of amides is 2. The van der Waals surface area contributed by atoms with Crippen LogP contribution in [0, 0.1) is 0 Å². The average Bonchev–Trinajstić information content (AvgIpc) is 3.11. The van der Waals surface area contributed by atoms with Crippen molar-refractivity contribution in [1.82, 2.24) is 14.8 Å². The number of nitrogens with one attached hydrogen (secondary N) is 2. The molecule has 0 spiro atoms. The van der Waals surface area contributed by atoms with E-state index in [-0.39, 0.29) is 18.2 Å². The molecule has 9 heteroatoms. The third-order valence-electron chi connectivity index (χ3n) is 3.46. The zero-order valence-corrected chi connectivity index (χ0v) is 12.9. The first kappa shape index (κ1) is 15.7. The van der Waals surface area contributed by atoms with Gasteiger partial charge in [-0.1, -0.05) is 0 Å². The van der Waals surface area contributed by atoms with E-state index in [1.54, 1.807) is 31.2 Å². The van der Waals surface area contributed by atoms with Crippen molar-refractivity contribution in [1.29, 1.82) is 0 Å². The quantitative estimate of drug-likeness (QED) is 0.790. The van der Waals surface area contributed by atoms with Crippen LogP contribution < -0.4 is 10.6 Å². The van der Waals surface area contributed by atoms with Gasteiger partial charge in [0.15, 0.2) is 0 Å². The Morgan fingerprint density at radius 1 is 1.33 bits per heavy atom. The highest BCUT2D eigenvalue weighted by Crippen LogP contribution is 2.24. The van der Waals surface area contributed by atoms with Gasteiger partial charge in [0.05, 0.1) is 18.6 Å². The van der Waals surface area contributed by atoms with Crippen LogP contribution in [0.15, 0.2) is 30.6 Å². The topological polar surface area (TPSA) is 115 Å². The molecule has 1 aromatic heterocycles. The van der Waals surface area contributed by atoms with Crippen molar-refractivity contribution >= 4 is 29.4 Å². The van der Waals surface area contributed by atoms with Gasteiger partial charge in [-0.05, 0) is 31.2 Å². The first-order chi connectivity index (χ1) is 11.6. The van der Waals surface area contributed by atoms with Gasteiger partial charge in [-0.15, -0.1) is 0 Å². The van der Waals surface area contributed by atoms with Gasteiger partial charge < -0.3 is 10.1 Å². The fraction of sp³-hybridized carbons (Fsp3) is 0.267. The molecular weight excluding hydrogens is 314 g/mol. The number of ether oxygens (including phenoxy) is 1. The minimum Gasteiger partial charge on any atom is -0.462 e. The van der Waals surface area contributed by atoms with Crippen molar-refractivity contribution in [2.75, 3.05) is 17.2 Å². The minimum absolute atomic E-state index is 0.0676. The first-order valence-corrected chi connectivity index (χ1v) is 7.36. The molecule has 0 saturated carbocycles. The van der Waals surface area contributed by atoms with Crippen molar-refractivity contribution in [3.8, 4) is 0 Å². The van der Waals surface area contributed by atoms with Crippen LogP contribution in [0.5, 0.6) is 0 Å². The summed E-state index contributed by atoms with van der Waals surface area (Å²) < 4.78 is 6.27. The maximum Gasteiger partial charge on any atom is 0.338 e. The summed E-state index contributed by atoms with van der Waals surface area (Å²) in [5.41, 5.74) is 0.919. The number of hydrogen-bond donors (Lipinski definition) is 2. The van der Waals surface area contributed by atoms with E-state index in [0.29, 0.717) is 23.8 Å². The third kappa shape index (κ3) is 3.09. The van der Waals surface area contributed by atoms with E-state index in [4.69, 9.17) is 4.74 Å². The summed E-state index contributed by atoms with van der Waals surface area (Å²) in [4.78, 5) is 39.4. The molecule has 2 aromatic rings. The Balaban J connectivity index is 1.61. The number of hydrogen-bond acceptors (Lipinski definition) is 6. The lowest BCUT2D eigenvalue weighted by atomic mass is 10.2. The molecule has 2 heterocycles. The summed E-state index contributed by atoms with van der Waals surface area (Å²) in [5.74, 6) is -0.755. The number of carbonyl (C=O) groups excluding carboxylic acids is 3. The van der Waals surface area contributed by atoms with Gasteiger partial charge in [-0.3, -0.25) is 14.9 Å². The van der Waals surface area contributed by atoms with Crippen LogP contribution >= 0.6 is 0 Å². The molecule has 0 saturated heterocycles. The Hall–Kier alpha value is -3.23. The van der Waals surface area contributed by atoms with Gasteiger partial charge in [0.1, 0.15) is 12.4 Å².